The molecule has 16 heavy (non-hydrogen) atoms. The van der Waals surface area contributed by atoms with Crippen LogP contribution in [-0.2, 0) is 0 Å². The Balaban J connectivity index is 2.59. The Kier molecular flexibility index (Phi) is 2.60. The average molecular weight is 220 g/mol. The Morgan fingerprint density at radius 2 is 1.81 bits per heavy atom. The summed E-state index contributed by atoms with van der Waals surface area (Å²) in [5, 5.41) is 9.51. The van der Waals surface area contributed by atoms with E-state index < -0.39 is 11.6 Å². The van der Waals surface area contributed by atoms with Gasteiger partial charge in [-0.15, -0.1) is 0 Å². The summed E-state index contributed by atoms with van der Waals surface area (Å²) in [6.45, 7) is 1.74. The van der Waals surface area contributed by atoms with Crippen molar-refractivity contribution >= 4 is 0 Å². The van der Waals surface area contributed by atoms with Crippen LogP contribution in [0.4, 0.5) is 8.78 Å². The molecule has 1 N–H and O–H groups in total. The first-order valence-corrected chi connectivity index (χ1v) is 4.83. The Morgan fingerprint density at radius 1 is 1.06 bits per heavy atom. The fraction of sp³-hybridized carbons (Fsp3) is 0.0769. The predicted molar refractivity (Wildman–Crippen MR) is 58.2 cm³/mol. The summed E-state index contributed by atoms with van der Waals surface area (Å²) in [5.41, 5.74) is 1.30. The van der Waals surface area contributed by atoms with Crippen molar-refractivity contribution in [3.63, 3.8) is 0 Å². The second-order valence-corrected chi connectivity index (χ2v) is 3.60. The Hall–Kier alpha value is -1.90. The van der Waals surface area contributed by atoms with Gasteiger partial charge in [0.2, 0.25) is 0 Å². The van der Waals surface area contributed by atoms with E-state index in [4.69, 9.17) is 0 Å². The standard InChI is InChI=1S/C13H10F2O/c1-8-5-6-9(7-12(8)16)10-3-2-4-11(14)13(10)15/h2-7,16H,1H3. The van der Waals surface area contributed by atoms with Crippen LogP contribution >= 0.6 is 0 Å². The third-order valence-corrected chi connectivity index (χ3v) is 2.47. The molecule has 0 unspecified atom stereocenters. The van der Waals surface area contributed by atoms with Crippen molar-refractivity contribution in [2.75, 3.05) is 0 Å². The number of halogens is 2. The number of phenolic OH excluding ortho intramolecular Hbond substituents is 1. The van der Waals surface area contributed by atoms with E-state index in [1.165, 1.54) is 18.2 Å². The highest BCUT2D eigenvalue weighted by atomic mass is 19.2. The normalized spacial score (nSPS) is 10.4. The number of aromatic hydroxyl groups is 1. The van der Waals surface area contributed by atoms with Gasteiger partial charge in [-0.2, -0.15) is 0 Å². The van der Waals surface area contributed by atoms with Crippen molar-refractivity contribution in [3.8, 4) is 16.9 Å². The lowest BCUT2D eigenvalue weighted by molar-refractivity contribution is 0.471. The smallest absolute Gasteiger partial charge is 0.166 e. The molecule has 0 spiro atoms. The number of benzene rings is 2. The summed E-state index contributed by atoms with van der Waals surface area (Å²) in [6.07, 6.45) is 0. The number of rotatable bonds is 1. The molecule has 0 aromatic heterocycles. The van der Waals surface area contributed by atoms with Crippen LogP contribution in [0.1, 0.15) is 5.56 Å². The van der Waals surface area contributed by atoms with E-state index >= 15 is 0 Å². The summed E-state index contributed by atoms with van der Waals surface area (Å²) in [6, 6.07) is 8.70. The minimum Gasteiger partial charge on any atom is -0.508 e. The fourth-order valence-electron chi connectivity index (χ4n) is 1.50. The van der Waals surface area contributed by atoms with E-state index in [0.29, 0.717) is 11.1 Å². The highest BCUT2D eigenvalue weighted by molar-refractivity contribution is 5.66. The second-order valence-electron chi connectivity index (χ2n) is 3.60. The van der Waals surface area contributed by atoms with Gasteiger partial charge in [-0.05, 0) is 30.2 Å². The van der Waals surface area contributed by atoms with Crippen LogP contribution in [-0.4, -0.2) is 5.11 Å². The molecule has 2 rings (SSSR count). The van der Waals surface area contributed by atoms with Gasteiger partial charge >= 0.3 is 0 Å². The molecule has 2 aromatic carbocycles. The molecule has 0 saturated carbocycles. The van der Waals surface area contributed by atoms with Crippen LogP contribution in [0.5, 0.6) is 5.75 Å². The molecule has 0 aliphatic carbocycles. The molecule has 0 saturated heterocycles. The minimum atomic E-state index is -0.897. The summed E-state index contributed by atoms with van der Waals surface area (Å²) in [7, 11) is 0. The maximum atomic E-state index is 13.5. The lowest BCUT2D eigenvalue weighted by Gasteiger charge is -2.06. The van der Waals surface area contributed by atoms with Crippen LogP contribution in [0.2, 0.25) is 0 Å². The summed E-state index contributed by atoms with van der Waals surface area (Å²) >= 11 is 0. The molecule has 0 aliphatic heterocycles. The lowest BCUT2D eigenvalue weighted by Crippen LogP contribution is -1.89. The first kappa shape index (κ1) is 10.6. The number of aryl methyl sites for hydroxylation is 1. The quantitative estimate of drug-likeness (QED) is 0.777. The molecular formula is C13H10F2O. The van der Waals surface area contributed by atoms with Crippen molar-refractivity contribution in [1.29, 1.82) is 0 Å². The first-order valence-electron chi connectivity index (χ1n) is 4.83. The molecule has 0 atom stereocenters. The SMILES string of the molecule is Cc1ccc(-c2cccc(F)c2F)cc1O. The fourth-order valence-corrected chi connectivity index (χ4v) is 1.50. The molecule has 0 amide bonds. The number of hydrogen-bond acceptors (Lipinski definition) is 1. The van der Waals surface area contributed by atoms with Gasteiger partial charge in [0.25, 0.3) is 0 Å². The molecule has 0 fully saturated rings. The van der Waals surface area contributed by atoms with Crippen LogP contribution < -0.4 is 0 Å². The average Bonchev–Trinajstić information content (AvgIpc) is 2.26. The predicted octanol–water partition coefficient (Wildman–Crippen LogP) is 3.65. The van der Waals surface area contributed by atoms with Gasteiger partial charge in [0.15, 0.2) is 11.6 Å². The third kappa shape index (κ3) is 1.76. The van der Waals surface area contributed by atoms with Crippen LogP contribution in [0, 0.1) is 18.6 Å². The molecule has 0 bridgehead atoms. The van der Waals surface area contributed by atoms with E-state index in [1.54, 1.807) is 19.1 Å². The third-order valence-electron chi connectivity index (χ3n) is 2.47. The van der Waals surface area contributed by atoms with Gasteiger partial charge in [0, 0.05) is 5.56 Å². The Bertz CT molecular complexity index is 535. The van der Waals surface area contributed by atoms with Crippen LogP contribution in [0.3, 0.4) is 0 Å². The molecule has 3 heteroatoms. The largest absolute Gasteiger partial charge is 0.508 e. The van der Waals surface area contributed by atoms with Crippen LogP contribution in [0.15, 0.2) is 36.4 Å². The van der Waals surface area contributed by atoms with Gasteiger partial charge in [0.05, 0.1) is 0 Å². The van der Waals surface area contributed by atoms with Gasteiger partial charge in [-0.25, -0.2) is 8.78 Å². The molecule has 82 valence electrons. The van der Waals surface area contributed by atoms with E-state index in [2.05, 4.69) is 0 Å². The second kappa shape index (κ2) is 3.93. The zero-order valence-electron chi connectivity index (χ0n) is 8.67. The van der Waals surface area contributed by atoms with E-state index in [9.17, 15) is 13.9 Å². The van der Waals surface area contributed by atoms with Gasteiger partial charge in [-0.3, -0.25) is 0 Å². The Morgan fingerprint density at radius 3 is 2.50 bits per heavy atom. The number of hydrogen-bond donors (Lipinski definition) is 1. The number of phenols is 1. The summed E-state index contributed by atoms with van der Waals surface area (Å²) < 4.78 is 26.5. The molecular weight excluding hydrogens is 210 g/mol. The topological polar surface area (TPSA) is 20.2 Å². The van der Waals surface area contributed by atoms with Crippen molar-refractivity contribution < 1.29 is 13.9 Å². The van der Waals surface area contributed by atoms with Crippen molar-refractivity contribution in [3.05, 3.63) is 53.6 Å². The van der Waals surface area contributed by atoms with E-state index in [1.807, 2.05) is 0 Å². The lowest BCUT2D eigenvalue weighted by atomic mass is 10.0. The summed E-state index contributed by atoms with van der Waals surface area (Å²) in [4.78, 5) is 0. The zero-order valence-corrected chi connectivity index (χ0v) is 8.67. The van der Waals surface area contributed by atoms with Crippen molar-refractivity contribution in [2.24, 2.45) is 0 Å². The molecule has 2 aromatic rings. The van der Waals surface area contributed by atoms with Crippen molar-refractivity contribution in [2.45, 2.75) is 6.92 Å². The highest BCUT2D eigenvalue weighted by Crippen LogP contribution is 2.28. The monoisotopic (exact) mass is 220 g/mol. The first-order chi connectivity index (χ1) is 7.59. The van der Waals surface area contributed by atoms with Gasteiger partial charge in [0.1, 0.15) is 5.75 Å². The molecule has 0 radical (unpaired) electrons. The van der Waals surface area contributed by atoms with Crippen LogP contribution in [0.25, 0.3) is 11.1 Å². The minimum absolute atomic E-state index is 0.0705. The highest BCUT2D eigenvalue weighted by Gasteiger charge is 2.10. The molecule has 0 heterocycles. The maximum Gasteiger partial charge on any atom is 0.166 e. The Labute approximate surface area is 92.0 Å². The zero-order chi connectivity index (χ0) is 11.7. The van der Waals surface area contributed by atoms with E-state index in [-0.39, 0.29) is 11.3 Å². The maximum absolute atomic E-state index is 13.5. The molecule has 0 aliphatic rings. The molecule has 1 nitrogen and oxygen atoms in total. The van der Waals surface area contributed by atoms with E-state index in [0.717, 1.165) is 6.07 Å². The summed E-state index contributed by atoms with van der Waals surface area (Å²) in [5.74, 6) is -1.72. The van der Waals surface area contributed by atoms with Gasteiger partial charge in [-0.1, -0.05) is 24.3 Å². The van der Waals surface area contributed by atoms with Crippen molar-refractivity contribution in [1.82, 2.24) is 0 Å². The van der Waals surface area contributed by atoms with Gasteiger partial charge < -0.3 is 5.11 Å².